The fourth-order valence-electron chi connectivity index (χ4n) is 2.93. The van der Waals surface area contributed by atoms with Crippen molar-refractivity contribution in [2.75, 3.05) is 5.75 Å². The standard InChI is InChI=1S/C15H27NO3S/c1-9(2)20-8-13(17)16-12-7-6-11(14(18)19)15(4,5)10(12)3/h9-12H,6-8H2,1-5H3,(H,16,17)(H,18,19). The first-order valence-electron chi connectivity index (χ1n) is 7.30. The molecule has 2 N–H and O–H groups in total. The lowest BCUT2D eigenvalue weighted by atomic mass is 9.61. The Bertz CT molecular complexity index is 368. The number of rotatable bonds is 5. The zero-order chi connectivity index (χ0) is 15.5. The minimum absolute atomic E-state index is 0.0603. The molecule has 0 saturated heterocycles. The Labute approximate surface area is 126 Å². The van der Waals surface area contributed by atoms with Crippen molar-refractivity contribution in [1.29, 1.82) is 0 Å². The van der Waals surface area contributed by atoms with Crippen LogP contribution in [0.3, 0.4) is 0 Å². The van der Waals surface area contributed by atoms with Crippen LogP contribution in [-0.4, -0.2) is 34.0 Å². The average Bonchev–Trinajstić information content (AvgIpc) is 2.32. The largest absolute Gasteiger partial charge is 0.481 e. The van der Waals surface area contributed by atoms with E-state index in [1.165, 1.54) is 0 Å². The summed E-state index contributed by atoms with van der Waals surface area (Å²) in [7, 11) is 0. The molecule has 1 aliphatic rings. The number of carbonyl (C=O) groups is 2. The molecule has 116 valence electrons. The second-order valence-corrected chi connectivity index (χ2v) is 8.18. The Hall–Kier alpha value is -0.710. The van der Waals surface area contributed by atoms with Crippen molar-refractivity contribution in [2.45, 2.75) is 58.8 Å². The predicted octanol–water partition coefficient (Wildman–Crippen LogP) is 2.77. The number of nitrogens with one attached hydrogen (secondary N) is 1. The van der Waals surface area contributed by atoms with Gasteiger partial charge >= 0.3 is 5.97 Å². The molecule has 0 aromatic heterocycles. The highest BCUT2D eigenvalue weighted by Gasteiger charge is 2.46. The summed E-state index contributed by atoms with van der Waals surface area (Å²) in [6, 6.07) is 0.0841. The maximum Gasteiger partial charge on any atom is 0.307 e. The molecule has 0 bridgehead atoms. The highest BCUT2D eigenvalue weighted by molar-refractivity contribution is 8.00. The molecule has 3 atom stereocenters. The summed E-state index contributed by atoms with van der Waals surface area (Å²) in [5, 5.41) is 12.8. The molecule has 0 spiro atoms. The van der Waals surface area contributed by atoms with Crippen molar-refractivity contribution in [3.8, 4) is 0 Å². The molecule has 3 unspecified atom stereocenters. The van der Waals surface area contributed by atoms with E-state index in [1.807, 2.05) is 13.8 Å². The Morgan fingerprint density at radius 1 is 1.35 bits per heavy atom. The third kappa shape index (κ3) is 4.14. The Morgan fingerprint density at radius 3 is 2.45 bits per heavy atom. The van der Waals surface area contributed by atoms with Gasteiger partial charge in [0.1, 0.15) is 0 Å². The molecule has 0 aromatic rings. The van der Waals surface area contributed by atoms with Gasteiger partial charge in [0.2, 0.25) is 5.91 Å². The van der Waals surface area contributed by atoms with E-state index >= 15 is 0 Å². The number of carboxylic acids is 1. The summed E-state index contributed by atoms with van der Waals surface area (Å²) in [4.78, 5) is 23.3. The zero-order valence-corrected chi connectivity index (χ0v) is 13.9. The lowest BCUT2D eigenvalue weighted by Gasteiger charge is -2.46. The van der Waals surface area contributed by atoms with Gasteiger partial charge in [-0.05, 0) is 29.4 Å². The third-order valence-electron chi connectivity index (χ3n) is 4.63. The van der Waals surface area contributed by atoms with Crippen LogP contribution in [0, 0.1) is 17.3 Å². The van der Waals surface area contributed by atoms with Gasteiger partial charge in [0.05, 0.1) is 11.7 Å². The van der Waals surface area contributed by atoms with Crippen LogP contribution < -0.4 is 5.32 Å². The second kappa shape index (κ2) is 6.83. The summed E-state index contributed by atoms with van der Waals surface area (Å²) < 4.78 is 0. The van der Waals surface area contributed by atoms with Gasteiger partial charge in [-0.2, -0.15) is 0 Å². The van der Waals surface area contributed by atoms with Crippen LogP contribution in [0.5, 0.6) is 0 Å². The number of aliphatic carboxylic acids is 1. The molecule has 0 heterocycles. The van der Waals surface area contributed by atoms with E-state index in [1.54, 1.807) is 11.8 Å². The van der Waals surface area contributed by atoms with Crippen molar-refractivity contribution in [3.05, 3.63) is 0 Å². The van der Waals surface area contributed by atoms with E-state index in [0.717, 1.165) is 6.42 Å². The monoisotopic (exact) mass is 301 g/mol. The molecule has 20 heavy (non-hydrogen) atoms. The number of hydrogen-bond acceptors (Lipinski definition) is 3. The quantitative estimate of drug-likeness (QED) is 0.819. The van der Waals surface area contributed by atoms with Crippen LogP contribution in [0.15, 0.2) is 0 Å². The van der Waals surface area contributed by atoms with Gasteiger partial charge in [-0.25, -0.2) is 0 Å². The van der Waals surface area contributed by atoms with Crippen LogP contribution in [0.2, 0.25) is 0 Å². The highest BCUT2D eigenvalue weighted by Crippen LogP contribution is 2.45. The van der Waals surface area contributed by atoms with E-state index in [0.29, 0.717) is 17.4 Å². The lowest BCUT2D eigenvalue weighted by Crippen LogP contribution is -2.52. The molecule has 1 rings (SSSR count). The molecular weight excluding hydrogens is 274 g/mol. The minimum Gasteiger partial charge on any atom is -0.481 e. The molecule has 1 aliphatic carbocycles. The first-order valence-corrected chi connectivity index (χ1v) is 8.35. The van der Waals surface area contributed by atoms with Crippen molar-refractivity contribution in [3.63, 3.8) is 0 Å². The fraction of sp³-hybridized carbons (Fsp3) is 0.867. The number of amides is 1. The molecule has 0 aliphatic heterocycles. The van der Waals surface area contributed by atoms with Crippen molar-refractivity contribution in [1.82, 2.24) is 5.32 Å². The van der Waals surface area contributed by atoms with Gasteiger partial charge in [0.25, 0.3) is 0 Å². The summed E-state index contributed by atoms with van der Waals surface area (Å²) >= 11 is 1.63. The molecule has 1 fully saturated rings. The van der Waals surface area contributed by atoms with Crippen molar-refractivity contribution < 1.29 is 14.7 Å². The summed E-state index contributed by atoms with van der Waals surface area (Å²) in [6.45, 7) is 10.2. The maximum atomic E-state index is 11.9. The summed E-state index contributed by atoms with van der Waals surface area (Å²) in [5.74, 6) is -0.350. The Morgan fingerprint density at radius 2 is 1.95 bits per heavy atom. The highest BCUT2D eigenvalue weighted by atomic mass is 32.2. The lowest BCUT2D eigenvalue weighted by molar-refractivity contribution is -0.150. The fourth-order valence-corrected chi connectivity index (χ4v) is 3.50. The number of hydrogen-bond donors (Lipinski definition) is 2. The molecular formula is C15H27NO3S. The number of thioether (sulfide) groups is 1. The van der Waals surface area contributed by atoms with E-state index in [9.17, 15) is 14.7 Å². The normalized spacial score (nSPS) is 29.2. The smallest absolute Gasteiger partial charge is 0.307 e. The first kappa shape index (κ1) is 17.3. The van der Waals surface area contributed by atoms with Crippen LogP contribution in [0.25, 0.3) is 0 Å². The molecule has 0 aromatic carbocycles. The van der Waals surface area contributed by atoms with Crippen molar-refractivity contribution in [2.24, 2.45) is 17.3 Å². The van der Waals surface area contributed by atoms with E-state index in [4.69, 9.17) is 0 Å². The Kier molecular flexibility index (Phi) is 5.92. The number of carbonyl (C=O) groups excluding carboxylic acids is 1. The van der Waals surface area contributed by atoms with E-state index in [2.05, 4.69) is 26.1 Å². The van der Waals surface area contributed by atoms with Gasteiger partial charge < -0.3 is 10.4 Å². The van der Waals surface area contributed by atoms with Crippen LogP contribution in [-0.2, 0) is 9.59 Å². The predicted molar refractivity (Wildman–Crippen MR) is 82.8 cm³/mol. The molecule has 1 amide bonds. The Balaban J connectivity index is 2.62. The molecule has 4 nitrogen and oxygen atoms in total. The van der Waals surface area contributed by atoms with Crippen LogP contribution in [0.4, 0.5) is 0 Å². The van der Waals surface area contributed by atoms with Gasteiger partial charge in [-0.1, -0.05) is 34.6 Å². The van der Waals surface area contributed by atoms with Crippen molar-refractivity contribution >= 4 is 23.6 Å². The SMILES string of the molecule is CC(C)SCC(=O)NC1CCC(C(=O)O)C(C)(C)C1C. The van der Waals surface area contributed by atoms with E-state index in [-0.39, 0.29) is 29.2 Å². The summed E-state index contributed by atoms with van der Waals surface area (Å²) in [5.41, 5.74) is -0.298. The zero-order valence-electron chi connectivity index (χ0n) is 13.1. The topological polar surface area (TPSA) is 66.4 Å². The van der Waals surface area contributed by atoms with Gasteiger partial charge in [-0.15, -0.1) is 11.8 Å². The van der Waals surface area contributed by atoms with Crippen LogP contribution in [0.1, 0.15) is 47.5 Å². The van der Waals surface area contributed by atoms with E-state index < -0.39 is 5.97 Å². The molecule has 5 heteroatoms. The molecule has 1 saturated carbocycles. The summed E-state index contributed by atoms with van der Waals surface area (Å²) in [6.07, 6.45) is 1.38. The first-order chi connectivity index (χ1) is 9.16. The van der Waals surface area contributed by atoms with Gasteiger partial charge in [-0.3, -0.25) is 9.59 Å². The third-order valence-corrected chi connectivity index (χ3v) is 5.73. The van der Waals surface area contributed by atoms with Gasteiger partial charge in [0, 0.05) is 6.04 Å². The second-order valence-electron chi connectivity index (χ2n) is 6.61. The van der Waals surface area contributed by atoms with Crippen LogP contribution >= 0.6 is 11.8 Å². The maximum absolute atomic E-state index is 11.9. The average molecular weight is 301 g/mol. The molecule has 0 radical (unpaired) electrons. The minimum atomic E-state index is -0.720. The number of carboxylic acid groups (broad SMARTS) is 1. The van der Waals surface area contributed by atoms with Gasteiger partial charge in [0.15, 0.2) is 0 Å².